The molecule has 0 saturated carbocycles. The van der Waals surface area contributed by atoms with Crippen molar-refractivity contribution < 1.29 is 4.79 Å². The number of aromatic nitrogens is 1. The van der Waals surface area contributed by atoms with Gasteiger partial charge in [0.1, 0.15) is 0 Å². The number of para-hydroxylation sites is 1. The van der Waals surface area contributed by atoms with E-state index in [0.717, 1.165) is 34.5 Å². The second kappa shape index (κ2) is 6.45. The van der Waals surface area contributed by atoms with E-state index >= 15 is 0 Å². The zero-order valence-electron chi connectivity index (χ0n) is 12.9. The molecule has 1 amide bonds. The minimum absolute atomic E-state index is 0.140. The Balaban J connectivity index is 1.82. The lowest BCUT2D eigenvalue weighted by Gasteiger charge is -2.10. The van der Waals surface area contributed by atoms with Crippen LogP contribution in [0.25, 0.3) is 22.2 Å². The molecule has 118 valence electrons. The maximum atomic E-state index is 12.8. The molecule has 5 heteroatoms. The number of aliphatic imine (C=N–C) groups is 1. The summed E-state index contributed by atoms with van der Waals surface area (Å²) in [5.41, 5.74) is 3.21. The smallest absolute Gasteiger partial charge is 0.257 e. The number of hydrogen-bond donors (Lipinski definition) is 1. The van der Waals surface area contributed by atoms with Crippen molar-refractivity contribution in [3.8, 4) is 11.3 Å². The predicted octanol–water partition coefficient (Wildman–Crippen LogP) is 3.73. The van der Waals surface area contributed by atoms with Gasteiger partial charge in [-0.1, -0.05) is 60.3 Å². The van der Waals surface area contributed by atoms with Gasteiger partial charge in [-0.25, -0.2) is 4.98 Å². The molecule has 1 aliphatic heterocycles. The summed E-state index contributed by atoms with van der Waals surface area (Å²) in [6.45, 7) is 0.757. The van der Waals surface area contributed by atoms with E-state index in [2.05, 4.69) is 10.3 Å². The highest BCUT2D eigenvalue weighted by Gasteiger charge is 2.17. The molecule has 3 aromatic rings. The number of hydrogen-bond acceptors (Lipinski definition) is 4. The van der Waals surface area contributed by atoms with Crippen LogP contribution in [0.1, 0.15) is 10.4 Å². The molecule has 1 aliphatic rings. The summed E-state index contributed by atoms with van der Waals surface area (Å²) in [6.07, 6.45) is 0. The monoisotopic (exact) mass is 333 g/mol. The van der Waals surface area contributed by atoms with Gasteiger partial charge in [0.15, 0.2) is 5.17 Å². The van der Waals surface area contributed by atoms with Crippen molar-refractivity contribution >= 4 is 33.7 Å². The van der Waals surface area contributed by atoms with Crippen molar-refractivity contribution in [3.05, 3.63) is 66.2 Å². The molecule has 2 heterocycles. The number of amides is 1. The van der Waals surface area contributed by atoms with Crippen LogP contribution in [0.15, 0.2) is 65.7 Å². The summed E-state index contributed by atoms with van der Waals surface area (Å²) in [4.78, 5) is 21.8. The van der Waals surface area contributed by atoms with Crippen LogP contribution < -0.4 is 5.32 Å². The maximum Gasteiger partial charge on any atom is 0.257 e. The second-order valence-corrected chi connectivity index (χ2v) is 6.51. The average molecular weight is 333 g/mol. The van der Waals surface area contributed by atoms with Crippen LogP contribution in [0.3, 0.4) is 0 Å². The van der Waals surface area contributed by atoms with Crippen molar-refractivity contribution in [1.82, 2.24) is 10.3 Å². The molecule has 0 spiro atoms. The van der Waals surface area contributed by atoms with Crippen LogP contribution in [0.5, 0.6) is 0 Å². The van der Waals surface area contributed by atoms with Crippen molar-refractivity contribution in [2.45, 2.75) is 0 Å². The molecule has 1 N–H and O–H groups in total. The highest BCUT2D eigenvalue weighted by Crippen LogP contribution is 2.25. The molecule has 0 saturated heterocycles. The number of nitrogens with one attached hydrogen (secondary N) is 1. The quantitative estimate of drug-likeness (QED) is 0.777. The number of pyridine rings is 1. The van der Waals surface area contributed by atoms with E-state index in [4.69, 9.17) is 4.98 Å². The third-order valence-electron chi connectivity index (χ3n) is 3.84. The first-order valence-electron chi connectivity index (χ1n) is 7.75. The standard InChI is InChI=1S/C19H15N3OS/c23-18(22-19-20-10-11-24-19)15-12-17(13-6-2-1-3-7-13)21-16-9-5-4-8-14(15)16/h1-9,12H,10-11H2,(H,20,22,23). The molecule has 0 bridgehead atoms. The largest absolute Gasteiger partial charge is 0.301 e. The van der Waals surface area contributed by atoms with Gasteiger partial charge in [-0.2, -0.15) is 0 Å². The molecule has 4 rings (SSSR count). The number of rotatable bonds is 2. The highest BCUT2D eigenvalue weighted by molar-refractivity contribution is 8.14. The van der Waals surface area contributed by atoms with E-state index in [1.807, 2.05) is 60.7 Å². The molecule has 0 aliphatic carbocycles. The van der Waals surface area contributed by atoms with E-state index in [1.54, 1.807) is 11.8 Å². The van der Waals surface area contributed by atoms with E-state index < -0.39 is 0 Å². The third-order valence-corrected chi connectivity index (χ3v) is 4.73. The van der Waals surface area contributed by atoms with Crippen molar-refractivity contribution in [2.24, 2.45) is 4.99 Å². The minimum Gasteiger partial charge on any atom is -0.301 e. The topological polar surface area (TPSA) is 54.4 Å². The van der Waals surface area contributed by atoms with Gasteiger partial charge < -0.3 is 5.32 Å². The first-order chi connectivity index (χ1) is 11.8. The molecular weight excluding hydrogens is 318 g/mol. The average Bonchev–Trinajstić information content (AvgIpc) is 3.14. The van der Waals surface area contributed by atoms with Gasteiger partial charge in [0.05, 0.1) is 23.3 Å². The Morgan fingerprint density at radius 1 is 1.04 bits per heavy atom. The lowest BCUT2D eigenvalue weighted by atomic mass is 10.0. The fourth-order valence-corrected chi connectivity index (χ4v) is 3.42. The summed E-state index contributed by atoms with van der Waals surface area (Å²) in [5, 5.41) is 4.45. The number of benzene rings is 2. The summed E-state index contributed by atoms with van der Waals surface area (Å²) in [6, 6.07) is 19.5. The van der Waals surface area contributed by atoms with Gasteiger partial charge in [-0.15, -0.1) is 0 Å². The van der Waals surface area contributed by atoms with Gasteiger partial charge in [-0.05, 0) is 12.1 Å². The van der Waals surface area contributed by atoms with Gasteiger partial charge in [0, 0.05) is 16.7 Å². The number of amidine groups is 1. The molecule has 1 aromatic heterocycles. The highest BCUT2D eigenvalue weighted by atomic mass is 32.2. The lowest BCUT2D eigenvalue weighted by molar-refractivity contribution is 0.0979. The number of carbonyl (C=O) groups is 1. The fraction of sp³-hybridized carbons (Fsp3) is 0.105. The Labute approximate surface area is 144 Å². The first kappa shape index (κ1) is 14.9. The van der Waals surface area contributed by atoms with Crippen molar-refractivity contribution in [1.29, 1.82) is 0 Å². The van der Waals surface area contributed by atoms with E-state index in [-0.39, 0.29) is 5.91 Å². The van der Waals surface area contributed by atoms with Crippen molar-refractivity contribution in [3.63, 3.8) is 0 Å². The Morgan fingerprint density at radius 2 is 1.83 bits per heavy atom. The van der Waals surface area contributed by atoms with E-state index in [0.29, 0.717) is 10.7 Å². The SMILES string of the molecule is O=C(NC1=NCCS1)c1cc(-c2ccccc2)nc2ccccc12. The molecule has 24 heavy (non-hydrogen) atoms. The number of thioether (sulfide) groups is 1. The Kier molecular flexibility index (Phi) is 4.01. The molecule has 0 unspecified atom stereocenters. The molecule has 2 aromatic carbocycles. The molecule has 0 radical (unpaired) electrons. The zero-order chi connectivity index (χ0) is 16.4. The molecule has 0 fully saturated rings. The van der Waals surface area contributed by atoms with Crippen LogP contribution in [-0.4, -0.2) is 28.4 Å². The summed E-state index contributed by atoms with van der Waals surface area (Å²) in [5.74, 6) is 0.779. The number of carbonyl (C=O) groups excluding carboxylic acids is 1. The summed E-state index contributed by atoms with van der Waals surface area (Å²) >= 11 is 1.57. The fourth-order valence-electron chi connectivity index (χ4n) is 2.70. The molecule has 4 nitrogen and oxygen atoms in total. The summed E-state index contributed by atoms with van der Waals surface area (Å²) in [7, 11) is 0. The van der Waals surface area contributed by atoms with Crippen LogP contribution >= 0.6 is 11.8 Å². The van der Waals surface area contributed by atoms with Crippen LogP contribution in [0.4, 0.5) is 0 Å². The Morgan fingerprint density at radius 3 is 2.62 bits per heavy atom. The summed E-state index contributed by atoms with van der Waals surface area (Å²) < 4.78 is 0. The Hall–Kier alpha value is -2.66. The van der Waals surface area contributed by atoms with E-state index in [1.165, 1.54) is 0 Å². The van der Waals surface area contributed by atoms with Gasteiger partial charge in [0.2, 0.25) is 0 Å². The minimum atomic E-state index is -0.140. The molecular formula is C19H15N3OS. The second-order valence-electron chi connectivity index (χ2n) is 5.43. The van der Waals surface area contributed by atoms with Crippen LogP contribution in [-0.2, 0) is 0 Å². The van der Waals surface area contributed by atoms with E-state index in [9.17, 15) is 4.79 Å². The van der Waals surface area contributed by atoms with Gasteiger partial charge >= 0.3 is 0 Å². The third kappa shape index (κ3) is 2.90. The maximum absolute atomic E-state index is 12.8. The van der Waals surface area contributed by atoms with Gasteiger partial charge in [-0.3, -0.25) is 9.79 Å². The van der Waals surface area contributed by atoms with Crippen LogP contribution in [0.2, 0.25) is 0 Å². The number of nitrogens with zero attached hydrogens (tertiary/aromatic N) is 2. The van der Waals surface area contributed by atoms with Crippen LogP contribution in [0, 0.1) is 0 Å². The molecule has 0 atom stereocenters. The normalized spacial score (nSPS) is 13.8. The zero-order valence-corrected chi connectivity index (χ0v) is 13.7. The Bertz CT molecular complexity index is 938. The van der Waals surface area contributed by atoms with Crippen molar-refractivity contribution in [2.75, 3.05) is 12.3 Å². The predicted molar refractivity (Wildman–Crippen MR) is 99.4 cm³/mol. The lowest BCUT2D eigenvalue weighted by Crippen LogP contribution is -2.27. The van der Waals surface area contributed by atoms with Gasteiger partial charge in [0.25, 0.3) is 5.91 Å². The first-order valence-corrected chi connectivity index (χ1v) is 8.73. The number of fused-ring (bicyclic) bond motifs is 1.